The van der Waals surface area contributed by atoms with Gasteiger partial charge < -0.3 is 9.84 Å². The Hall–Kier alpha value is -1.51. The fraction of sp³-hybridized carbons (Fsp3) is 0.650. The Kier molecular flexibility index (Phi) is 5.38. The number of carboxylic acid groups (broad SMARTS) is 1. The van der Waals surface area contributed by atoms with Crippen molar-refractivity contribution in [3.05, 3.63) is 28.8 Å². The number of methoxy groups -OCH3 is 1. The van der Waals surface area contributed by atoms with Crippen LogP contribution in [0, 0.1) is 0 Å². The summed E-state index contributed by atoms with van der Waals surface area (Å²) in [6, 6.07) is 4.23. The van der Waals surface area contributed by atoms with Gasteiger partial charge in [0.25, 0.3) is 0 Å². The molecule has 3 nitrogen and oxygen atoms in total. The van der Waals surface area contributed by atoms with Crippen molar-refractivity contribution in [2.24, 2.45) is 0 Å². The summed E-state index contributed by atoms with van der Waals surface area (Å²) < 4.78 is 5.79. The Morgan fingerprint density at radius 1 is 1.04 bits per heavy atom. The maximum atomic E-state index is 12.3. The van der Waals surface area contributed by atoms with E-state index in [1.807, 2.05) is 0 Å². The van der Waals surface area contributed by atoms with Crippen LogP contribution in [0.25, 0.3) is 0 Å². The lowest BCUT2D eigenvalue weighted by Gasteiger charge is -2.37. The highest BCUT2D eigenvalue weighted by Crippen LogP contribution is 2.49. The molecule has 0 aliphatic heterocycles. The van der Waals surface area contributed by atoms with E-state index in [1.54, 1.807) is 7.11 Å². The van der Waals surface area contributed by atoms with Crippen molar-refractivity contribution in [3.8, 4) is 5.75 Å². The van der Waals surface area contributed by atoms with Gasteiger partial charge in [-0.05, 0) is 35.8 Å². The van der Waals surface area contributed by atoms with Gasteiger partial charge in [0.05, 0.1) is 12.5 Å². The van der Waals surface area contributed by atoms with Crippen LogP contribution in [0.1, 0.15) is 88.3 Å². The third-order valence-electron chi connectivity index (χ3n) is 5.26. The van der Waals surface area contributed by atoms with Crippen molar-refractivity contribution in [1.82, 2.24) is 0 Å². The number of benzene rings is 1. The quantitative estimate of drug-likeness (QED) is 0.808. The molecule has 0 amide bonds. The van der Waals surface area contributed by atoms with Crippen molar-refractivity contribution >= 4 is 5.97 Å². The van der Waals surface area contributed by atoms with Gasteiger partial charge in [-0.15, -0.1) is 0 Å². The molecule has 0 spiro atoms. The monoisotopic (exact) mass is 318 g/mol. The van der Waals surface area contributed by atoms with Crippen LogP contribution < -0.4 is 4.74 Å². The Morgan fingerprint density at radius 3 is 2.00 bits per heavy atom. The molecule has 1 aliphatic rings. The molecule has 0 radical (unpaired) electrons. The molecule has 1 saturated carbocycles. The highest BCUT2D eigenvalue weighted by molar-refractivity contribution is 5.84. The molecule has 1 aliphatic carbocycles. The van der Waals surface area contributed by atoms with Gasteiger partial charge in [-0.2, -0.15) is 0 Å². The molecular formula is C20H30O3. The van der Waals surface area contributed by atoms with Crippen LogP contribution in [0.2, 0.25) is 0 Å². The Labute approximate surface area is 140 Å². The highest BCUT2D eigenvalue weighted by atomic mass is 16.5. The minimum atomic E-state index is -0.798. The molecule has 1 aromatic rings. The number of carbonyl (C=O) groups is 1. The van der Waals surface area contributed by atoms with Gasteiger partial charge in [-0.25, -0.2) is 0 Å². The van der Waals surface area contributed by atoms with Crippen LogP contribution in [0.4, 0.5) is 0 Å². The average Bonchev–Trinajstić information content (AvgIpc) is 2.53. The molecule has 3 heteroatoms. The van der Waals surface area contributed by atoms with Gasteiger partial charge in [0.1, 0.15) is 5.75 Å². The van der Waals surface area contributed by atoms with Gasteiger partial charge in [-0.3, -0.25) is 4.79 Å². The van der Waals surface area contributed by atoms with Crippen LogP contribution in [0.3, 0.4) is 0 Å². The van der Waals surface area contributed by atoms with E-state index < -0.39 is 11.4 Å². The molecule has 0 atom stereocenters. The summed E-state index contributed by atoms with van der Waals surface area (Å²) in [5.41, 5.74) is 2.37. The normalized spacial score (nSPS) is 17.5. The van der Waals surface area contributed by atoms with E-state index >= 15 is 0 Å². The van der Waals surface area contributed by atoms with Crippen molar-refractivity contribution < 1.29 is 14.6 Å². The first kappa shape index (κ1) is 17.8. The average molecular weight is 318 g/mol. The standard InChI is InChI=1S/C20H30O3/c1-13(2)15-9-10-16(14(3)4)18(23-5)17(15)20(19(21)22)11-7-6-8-12-20/h9-10,13-14H,6-8,11-12H2,1-5H3,(H,21,22). The van der Waals surface area contributed by atoms with Crippen LogP contribution in [-0.4, -0.2) is 18.2 Å². The first-order valence-electron chi connectivity index (χ1n) is 8.79. The highest BCUT2D eigenvalue weighted by Gasteiger charge is 2.45. The summed E-state index contributed by atoms with van der Waals surface area (Å²) in [5, 5.41) is 10.1. The summed E-state index contributed by atoms with van der Waals surface area (Å²) in [6.45, 7) is 8.52. The van der Waals surface area contributed by atoms with E-state index in [4.69, 9.17) is 4.74 Å². The summed E-state index contributed by atoms with van der Waals surface area (Å²) >= 11 is 0. The summed E-state index contributed by atoms with van der Waals surface area (Å²) in [6.07, 6.45) is 4.48. The zero-order valence-electron chi connectivity index (χ0n) is 15.1. The largest absolute Gasteiger partial charge is 0.496 e. The maximum absolute atomic E-state index is 12.3. The van der Waals surface area contributed by atoms with Crippen LogP contribution in [-0.2, 0) is 10.2 Å². The van der Waals surface area contributed by atoms with E-state index in [2.05, 4.69) is 39.8 Å². The molecule has 2 rings (SSSR count). The maximum Gasteiger partial charge on any atom is 0.314 e. The zero-order chi connectivity index (χ0) is 17.2. The number of hydrogen-bond acceptors (Lipinski definition) is 2. The van der Waals surface area contributed by atoms with Gasteiger partial charge in [0, 0.05) is 5.56 Å². The van der Waals surface area contributed by atoms with Crippen molar-refractivity contribution in [3.63, 3.8) is 0 Å². The molecular weight excluding hydrogens is 288 g/mol. The Morgan fingerprint density at radius 2 is 1.57 bits per heavy atom. The molecule has 0 saturated heterocycles. The van der Waals surface area contributed by atoms with Gasteiger partial charge >= 0.3 is 5.97 Å². The lowest BCUT2D eigenvalue weighted by atomic mass is 9.66. The van der Waals surface area contributed by atoms with E-state index in [0.717, 1.165) is 41.7 Å². The number of carboxylic acids is 1. The molecule has 1 aromatic carbocycles. The molecule has 0 heterocycles. The third-order valence-corrected chi connectivity index (χ3v) is 5.26. The van der Waals surface area contributed by atoms with Crippen molar-refractivity contribution in [2.75, 3.05) is 7.11 Å². The third kappa shape index (κ3) is 3.11. The van der Waals surface area contributed by atoms with Crippen molar-refractivity contribution in [1.29, 1.82) is 0 Å². The number of rotatable bonds is 5. The Bertz CT molecular complexity index is 566. The smallest absolute Gasteiger partial charge is 0.314 e. The number of ether oxygens (including phenoxy) is 1. The lowest BCUT2D eigenvalue weighted by Crippen LogP contribution is -2.39. The number of aliphatic carboxylic acids is 1. The lowest BCUT2D eigenvalue weighted by molar-refractivity contribution is -0.145. The topological polar surface area (TPSA) is 46.5 Å². The molecule has 0 unspecified atom stereocenters. The molecule has 0 bridgehead atoms. The van der Waals surface area contributed by atoms with Crippen LogP contribution in [0.15, 0.2) is 12.1 Å². The SMILES string of the molecule is COc1c(C(C)C)ccc(C(C)C)c1C1(C(=O)O)CCCCC1. The number of hydrogen-bond donors (Lipinski definition) is 1. The Balaban J connectivity index is 2.79. The fourth-order valence-electron chi connectivity index (χ4n) is 3.99. The summed E-state index contributed by atoms with van der Waals surface area (Å²) in [4.78, 5) is 12.3. The zero-order valence-corrected chi connectivity index (χ0v) is 15.1. The predicted molar refractivity (Wildman–Crippen MR) is 93.6 cm³/mol. The van der Waals surface area contributed by atoms with E-state index in [1.165, 1.54) is 0 Å². The molecule has 23 heavy (non-hydrogen) atoms. The second kappa shape index (κ2) is 6.94. The first-order valence-corrected chi connectivity index (χ1v) is 8.79. The van der Waals surface area contributed by atoms with Gasteiger partial charge in [0.2, 0.25) is 0 Å². The van der Waals surface area contributed by atoms with Gasteiger partial charge in [-0.1, -0.05) is 59.1 Å². The molecule has 1 fully saturated rings. The minimum absolute atomic E-state index is 0.276. The first-order chi connectivity index (χ1) is 10.8. The second-order valence-corrected chi connectivity index (χ2v) is 7.41. The fourth-order valence-corrected chi connectivity index (χ4v) is 3.99. The molecule has 128 valence electrons. The van der Waals surface area contributed by atoms with E-state index in [0.29, 0.717) is 18.8 Å². The van der Waals surface area contributed by atoms with Crippen molar-refractivity contribution in [2.45, 2.75) is 77.0 Å². The second-order valence-electron chi connectivity index (χ2n) is 7.41. The predicted octanol–water partition coefficient (Wildman–Crippen LogP) is 5.23. The van der Waals surface area contributed by atoms with E-state index in [9.17, 15) is 9.90 Å². The minimum Gasteiger partial charge on any atom is -0.496 e. The molecule has 0 aromatic heterocycles. The van der Waals surface area contributed by atoms with Crippen LogP contribution in [0.5, 0.6) is 5.75 Å². The summed E-state index contributed by atoms with van der Waals surface area (Å²) in [5.74, 6) is 0.686. The molecule has 1 N–H and O–H groups in total. The van der Waals surface area contributed by atoms with Gasteiger partial charge in [0.15, 0.2) is 0 Å². The van der Waals surface area contributed by atoms with E-state index in [-0.39, 0.29) is 5.92 Å². The van der Waals surface area contributed by atoms with Crippen LogP contribution >= 0.6 is 0 Å². The summed E-state index contributed by atoms with van der Waals surface area (Å²) in [7, 11) is 1.67.